The first-order valence-electron chi connectivity index (χ1n) is 7.76. The molecule has 0 bridgehead atoms. The lowest BCUT2D eigenvalue weighted by Gasteiger charge is -2.31. The van der Waals surface area contributed by atoms with E-state index in [9.17, 15) is 9.59 Å². The molecule has 0 radical (unpaired) electrons. The Bertz CT molecular complexity index is 617. The number of benzene rings is 1. The van der Waals surface area contributed by atoms with Crippen LogP contribution in [0, 0.1) is 5.92 Å². The SMILES string of the molecule is CC(=O)NCC1CCN(CC(=O)Nc2cc(Cl)c(Cl)cc2Cl)CC1. The first kappa shape index (κ1) is 19.3. The highest BCUT2D eigenvalue weighted by molar-refractivity contribution is 6.44. The number of hydrogen-bond donors (Lipinski definition) is 2. The van der Waals surface area contributed by atoms with Crippen molar-refractivity contribution in [3.05, 3.63) is 27.2 Å². The highest BCUT2D eigenvalue weighted by atomic mass is 35.5. The minimum absolute atomic E-state index is 0.00434. The maximum Gasteiger partial charge on any atom is 0.238 e. The van der Waals surface area contributed by atoms with Crippen LogP contribution >= 0.6 is 34.8 Å². The van der Waals surface area contributed by atoms with Gasteiger partial charge in [0.15, 0.2) is 0 Å². The summed E-state index contributed by atoms with van der Waals surface area (Å²) < 4.78 is 0. The Morgan fingerprint density at radius 1 is 1.12 bits per heavy atom. The van der Waals surface area contributed by atoms with E-state index in [2.05, 4.69) is 15.5 Å². The van der Waals surface area contributed by atoms with Crippen LogP contribution < -0.4 is 10.6 Å². The monoisotopic (exact) mass is 391 g/mol. The number of likely N-dealkylation sites (tertiary alicyclic amines) is 1. The van der Waals surface area contributed by atoms with E-state index in [1.165, 1.54) is 13.0 Å². The Morgan fingerprint density at radius 2 is 1.75 bits per heavy atom. The summed E-state index contributed by atoms with van der Waals surface area (Å²) in [5.74, 6) is 0.323. The fourth-order valence-electron chi connectivity index (χ4n) is 2.65. The van der Waals surface area contributed by atoms with Crippen molar-refractivity contribution >= 4 is 52.3 Å². The molecule has 2 rings (SSSR count). The molecule has 1 aliphatic heterocycles. The van der Waals surface area contributed by atoms with Gasteiger partial charge in [0.2, 0.25) is 11.8 Å². The molecular weight excluding hydrogens is 373 g/mol. The number of hydrogen-bond acceptors (Lipinski definition) is 3. The Labute approximate surface area is 156 Å². The third kappa shape index (κ3) is 5.81. The van der Waals surface area contributed by atoms with Gasteiger partial charge in [0.05, 0.1) is 27.3 Å². The van der Waals surface area contributed by atoms with Crippen LogP contribution in [0.2, 0.25) is 15.1 Å². The molecule has 5 nitrogen and oxygen atoms in total. The number of nitrogens with one attached hydrogen (secondary N) is 2. The Kier molecular flexibility index (Phi) is 7.16. The third-order valence-electron chi connectivity index (χ3n) is 4.00. The van der Waals surface area contributed by atoms with Crippen molar-refractivity contribution in [3.63, 3.8) is 0 Å². The van der Waals surface area contributed by atoms with Crippen molar-refractivity contribution in [1.29, 1.82) is 0 Å². The molecule has 0 aliphatic carbocycles. The predicted octanol–water partition coefficient (Wildman–Crippen LogP) is 3.43. The lowest BCUT2D eigenvalue weighted by molar-refractivity contribution is -0.119. The first-order valence-corrected chi connectivity index (χ1v) is 8.89. The van der Waals surface area contributed by atoms with Gasteiger partial charge in [-0.25, -0.2) is 0 Å². The molecule has 8 heteroatoms. The zero-order valence-corrected chi connectivity index (χ0v) is 15.6. The van der Waals surface area contributed by atoms with Gasteiger partial charge in [-0.05, 0) is 44.0 Å². The highest BCUT2D eigenvalue weighted by Crippen LogP contribution is 2.32. The number of carbonyl (C=O) groups is 2. The van der Waals surface area contributed by atoms with E-state index in [0.29, 0.717) is 39.8 Å². The number of carbonyl (C=O) groups excluding carboxylic acids is 2. The minimum Gasteiger partial charge on any atom is -0.356 e. The Hall–Kier alpha value is -1.01. The van der Waals surface area contributed by atoms with Crippen LogP contribution in [0.3, 0.4) is 0 Å². The highest BCUT2D eigenvalue weighted by Gasteiger charge is 2.21. The quantitative estimate of drug-likeness (QED) is 0.755. The van der Waals surface area contributed by atoms with Gasteiger partial charge < -0.3 is 10.6 Å². The van der Waals surface area contributed by atoms with Crippen LogP contribution in [0.4, 0.5) is 5.69 Å². The number of piperidine rings is 1. The van der Waals surface area contributed by atoms with E-state index in [0.717, 1.165) is 25.9 Å². The fraction of sp³-hybridized carbons (Fsp3) is 0.500. The zero-order chi connectivity index (χ0) is 17.7. The second kappa shape index (κ2) is 8.90. The van der Waals surface area contributed by atoms with Gasteiger partial charge in [0.25, 0.3) is 0 Å². The second-order valence-corrected chi connectivity index (χ2v) is 7.17. The summed E-state index contributed by atoms with van der Waals surface area (Å²) in [6.45, 7) is 4.17. The number of amides is 2. The maximum absolute atomic E-state index is 12.2. The van der Waals surface area contributed by atoms with Gasteiger partial charge in [-0.2, -0.15) is 0 Å². The van der Waals surface area contributed by atoms with E-state index in [1.54, 1.807) is 6.07 Å². The van der Waals surface area contributed by atoms with E-state index in [4.69, 9.17) is 34.8 Å². The van der Waals surface area contributed by atoms with Crippen molar-refractivity contribution in [2.24, 2.45) is 5.92 Å². The first-order chi connectivity index (χ1) is 11.3. The molecular formula is C16H20Cl3N3O2. The smallest absolute Gasteiger partial charge is 0.238 e. The molecule has 0 unspecified atom stereocenters. The average molecular weight is 393 g/mol. The average Bonchev–Trinajstić information content (AvgIpc) is 2.52. The number of halogens is 3. The molecule has 0 aromatic heterocycles. The van der Waals surface area contributed by atoms with Crippen molar-refractivity contribution in [2.75, 3.05) is 31.5 Å². The van der Waals surface area contributed by atoms with E-state index in [1.807, 2.05) is 0 Å². The molecule has 1 saturated heterocycles. The molecule has 1 fully saturated rings. The normalized spacial score (nSPS) is 16.0. The summed E-state index contributed by atoms with van der Waals surface area (Å²) in [6.07, 6.45) is 1.92. The van der Waals surface area contributed by atoms with Crippen molar-refractivity contribution in [2.45, 2.75) is 19.8 Å². The molecule has 0 saturated carbocycles. The lowest BCUT2D eigenvalue weighted by atomic mass is 9.97. The summed E-state index contributed by atoms with van der Waals surface area (Å²) in [5.41, 5.74) is 0.455. The van der Waals surface area contributed by atoms with Gasteiger partial charge in [-0.15, -0.1) is 0 Å². The lowest BCUT2D eigenvalue weighted by Crippen LogP contribution is -2.41. The number of rotatable bonds is 5. The molecule has 1 heterocycles. The molecule has 0 atom stereocenters. The van der Waals surface area contributed by atoms with Crippen LogP contribution in [-0.2, 0) is 9.59 Å². The van der Waals surface area contributed by atoms with E-state index in [-0.39, 0.29) is 11.8 Å². The van der Waals surface area contributed by atoms with Crippen LogP contribution in [-0.4, -0.2) is 42.9 Å². The van der Waals surface area contributed by atoms with Gasteiger partial charge in [-0.1, -0.05) is 34.8 Å². The Morgan fingerprint density at radius 3 is 2.38 bits per heavy atom. The van der Waals surface area contributed by atoms with Crippen molar-refractivity contribution < 1.29 is 9.59 Å². The van der Waals surface area contributed by atoms with Crippen LogP contribution in [0.5, 0.6) is 0 Å². The fourth-order valence-corrected chi connectivity index (χ4v) is 3.24. The molecule has 132 valence electrons. The second-order valence-electron chi connectivity index (χ2n) is 5.95. The summed E-state index contributed by atoms with van der Waals surface area (Å²) in [4.78, 5) is 25.2. The summed E-state index contributed by atoms with van der Waals surface area (Å²) in [5, 5.41) is 6.65. The van der Waals surface area contributed by atoms with Gasteiger partial charge >= 0.3 is 0 Å². The molecule has 2 N–H and O–H groups in total. The van der Waals surface area contributed by atoms with E-state index >= 15 is 0 Å². The van der Waals surface area contributed by atoms with Crippen LogP contribution in [0.25, 0.3) is 0 Å². The standard InChI is InChI=1S/C16H20Cl3N3O2/c1-10(23)20-8-11-2-4-22(5-3-11)9-16(24)21-15-7-13(18)12(17)6-14(15)19/h6-7,11H,2-5,8-9H2,1H3,(H,20,23)(H,21,24). The predicted molar refractivity (Wildman–Crippen MR) is 97.9 cm³/mol. The van der Waals surface area contributed by atoms with Crippen molar-refractivity contribution in [3.8, 4) is 0 Å². The van der Waals surface area contributed by atoms with Crippen LogP contribution in [0.15, 0.2) is 12.1 Å². The minimum atomic E-state index is -0.143. The van der Waals surface area contributed by atoms with Gasteiger partial charge in [-0.3, -0.25) is 14.5 Å². The van der Waals surface area contributed by atoms with E-state index < -0.39 is 0 Å². The maximum atomic E-state index is 12.2. The number of anilines is 1. The summed E-state index contributed by atoms with van der Waals surface area (Å²) >= 11 is 17.9. The molecule has 1 aliphatic rings. The topological polar surface area (TPSA) is 61.4 Å². The third-order valence-corrected chi connectivity index (χ3v) is 5.03. The van der Waals surface area contributed by atoms with Crippen molar-refractivity contribution in [1.82, 2.24) is 10.2 Å². The largest absolute Gasteiger partial charge is 0.356 e. The van der Waals surface area contributed by atoms with Crippen LogP contribution in [0.1, 0.15) is 19.8 Å². The molecule has 24 heavy (non-hydrogen) atoms. The summed E-state index contributed by atoms with van der Waals surface area (Å²) in [7, 11) is 0. The Balaban J connectivity index is 1.80. The summed E-state index contributed by atoms with van der Waals surface area (Å²) in [6, 6.07) is 3.05. The van der Waals surface area contributed by atoms with Gasteiger partial charge in [0.1, 0.15) is 0 Å². The van der Waals surface area contributed by atoms with Gasteiger partial charge in [0, 0.05) is 13.5 Å². The molecule has 1 aromatic carbocycles. The molecule has 1 aromatic rings. The zero-order valence-electron chi connectivity index (χ0n) is 13.4. The molecule has 2 amide bonds. The number of nitrogens with zero attached hydrogens (tertiary/aromatic N) is 1. The molecule has 0 spiro atoms.